The molecule has 0 aromatic carbocycles. The summed E-state index contributed by atoms with van der Waals surface area (Å²) >= 11 is 0. The SMILES string of the molecule is CCCC(OC(=O)CCCC(=O)OC(CC)C(C)C)C(C)C. The van der Waals surface area contributed by atoms with E-state index in [0.717, 1.165) is 19.3 Å². The molecule has 0 aliphatic heterocycles. The first-order chi connectivity index (χ1) is 10.3. The van der Waals surface area contributed by atoms with Crippen LogP contribution in [0.15, 0.2) is 0 Å². The van der Waals surface area contributed by atoms with Crippen LogP contribution in [-0.4, -0.2) is 24.1 Å². The van der Waals surface area contributed by atoms with Crippen molar-refractivity contribution in [2.75, 3.05) is 0 Å². The minimum absolute atomic E-state index is 0.0186. The van der Waals surface area contributed by atoms with Gasteiger partial charge in [-0.1, -0.05) is 48.0 Å². The summed E-state index contributed by atoms with van der Waals surface area (Å²) in [5.41, 5.74) is 0. The summed E-state index contributed by atoms with van der Waals surface area (Å²) in [6.07, 6.45) is 3.69. The van der Waals surface area contributed by atoms with Crippen molar-refractivity contribution in [2.45, 2.75) is 92.3 Å². The Morgan fingerprint density at radius 3 is 1.64 bits per heavy atom. The molecular formula is C18H34O4. The summed E-state index contributed by atoms with van der Waals surface area (Å²) in [7, 11) is 0. The highest BCUT2D eigenvalue weighted by Crippen LogP contribution is 2.15. The molecule has 0 aromatic heterocycles. The van der Waals surface area contributed by atoms with E-state index in [9.17, 15) is 9.59 Å². The third-order valence-electron chi connectivity index (χ3n) is 3.79. The number of rotatable bonds is 11. The van der Waals surface area contributed by atoms with E-state index >= 15 is 0 Å². The first kappa shape index (κ1) is 20.9. The predicted octanol–water partition coefficient (Wildman–Crippen LogP) is 4.50. The lowest BCUT2D eigenvalue weighted by Gasteiger charge is -2.21. The van der Waals surface area contributed by atoms with Gasteiger partial charge in [0.05, 0.1) is 0 Å². The highest BCUT2D eigenvalue weighted by molar-refractivity contribution is 5.72. The predicted molar refractivity (Wildman–Crippen MR) is 88.5 cm³/mol. The monoisotopic (exact) mass is 314 g/mol. The Bertz CT molecular complexity index is 323. The molecule has 2 atom stereocenters. The van der Waals surface area contributed by atoms with Crippen LogP contribution >= 0.6 is 0 Å². The van der Waals surface area contributed by atoms with Crippen LogP contribution in [0.25, 0.3) is 0 Å². The van der Waals surface area contributed by atoms with Gasteiger partial charge in [-0.25, -0.2) is 0 Å². The van der Waals surface area contributed by atoms with Gasteiger partial charge in [0.2, 0.25) is 0 Å². The molecule has 0 amide bonds. The van der Waals surface area contributed by atoms with Gasteiger partial charge < -0.3 is 9.47 Å². The average Bonchev–Trinajstić information content (AvgIpc) is 2.43. The van der Waals surface area contributed by atoms with Crippen molar-refractivity contribution in [1.82, 2.24) is 0 Å². The van der Waals surface area contributed by atoms with Crippen LogP contribution in [0.4, 0.5) is 0 Å². The third-order valence-corrected chi connectivity index (χ3v) is 3.79. The lowest BCUT2D eigenvalue weighted by atomic mass is 10.0. The fourth-order valence-electron chi connectivity index (χ4n) is 2.34. The first-order valence-electron chi connectivity index (χ1n) is 8.70. The van der Waals surface area contributed by atoms with Gasteiger partial charge in [0.1, 0.15) is 12.2 Å². The number of hydrogen-bond donors (Lipinski definition) is 0. The second kappa shape index (κ2) is 11.5. The minimum Gasteiger partial charge on any atom is -0.462 e. The van der Waals surface area contributed by atoms with Crippen molar-refractivity contribution in [2.24, 2.45) is 11.8 Å². The second-order valence-electron chi connectivity index (χ2n) is 6.60. The maximum atomic E-state index is 11.8. The number of carbonyl (C=O) groups is 2. The normalized spacial score (nSPS) is 14.0. The quantitative estimate of drug-likeness (QED) is 0.527. The number of esters is 2. The number of ether oxygens (including phenoxy) is 2. The van der Waals surface area contributed by atoms with Crippen LogP contribution in [0.5, 0.6) is 0 Å². The van der Waals surface area contributed by atoms with E-state index in [1.165, 1.54) is 0 Å². The molecule has 0 rings (SSSR count). The lowest BCUT2D eigenvalue weighted by molar-refractivity contribution is -0.153. The molecule has 0 spiro atoms. The van der Waals surface area contributed by atoms with Crippen molar-refractivity contribution in [3.8, 4) is 0 Å². The van der Waals surface area contributed by atoms with Crippen molar-refractivity contribution < 1.29 is 19.1 Å². The summed E-state index contributed by atoms with van der Waals surface area (Å²) in [6, 6.07) is 0. The Balaban J connectivity index is 4.03. The minimum atomic E-state index is -0.220. The Morgan fingerprint density at radius 2 is 1.27 bits per heavy atom. The Hall–Kier alpha value is -1.06. The van der Waals surface area contributed by atoms with Crippen molar-refractivity contribution in [1.29, 1.82) is 0 Å². The molecule has 0 aliphatic carbocycles. The second-order valence-corrected chi connectivity index (χ2v) is 6.60. The number of hydrogen-bond acceptors (Lipinski definition) is 4. The highest BCUT2D eigenvalue weighted by Gasteiger charge is 2.19. The molecule has 0 bridgehead atoms. The molecule has 130 valence electrons. The zero-order valence-electron chi connectivity index (χ0n) is 15.2. The topological polar surface area (TPSA) is 52.6 Å². The Labute approximate surface area is 135 Å². The van der Waals surface area contributed by atoms with Gasteiger partial charge in [0, 0.05) is 12.8 Å². The van der Waals surface area contributed by atoms with Crippen molar-refractivity contribution in [3.63, 3.8) is 0 Å². The highest BCUT2D eigenvalue weighted by atomic mass is 16.5. The van der Waals surface area contributed by atoms with Gasteiger partial charge in [-0.2, -0.15) is 0 Å². The average molecular weight is 314 g/mol. The summed E-state index contributed by atoms with van der Waals surface area (Å²) in [4.78, 5) is 23.6. The molecule has 0 N–H and O–H groups in total. The van der Waals surface area contributed by atoms with Crippen LogP contribution in [0, 0.1) is 11.8 Å². The van der Waals surface area contributed by atoms with Gasteiger partial charge in [0.15, 0.2) is 0 Å². The smallest absolute Gasteiger partial charge is 0.306 e. The Kier molecular flexibility index (Phi) is 10.9. The van der Waals surface area contributed by atoms with E-state index in [4.69, 9.17) is 9.47 Å². The summed E-state index contributed by atoms with van der Waals surface area (Å²) in [5.74, 6) is 0.211. The van der Waals surface area contributed by atoms with Gasteiger partial charge in [-0.05, 0) is 31.1 Å². The van der Waals surface area contributed by atoms with Gasteiger partial charge in [0.25, 0.3) is 0 Å². The zero-order chi connectivity index (χ0) is 17.1. The van der Waals surface area contributed by atoms with E-state index in [-0.39, 0.29) is 37.0 Å². The van der Waals surface area contributed by atoms with E-state index in [2.05, 4.69) is 20.8 Å². The number of carbonyl (C=O) groups excluding carboxylic acids is 2. The molecule has 0 aliphatic rings. The van der Waals surface area contributed by atoms with E-state index in [1.54, 1.807) is 0 Å². The molecule has 0 saturated carbocycles. The maximum Gasteiger partial charge on any atom is 0.306 e. The van der Waals surface area contributed by atoms with Gasteiger partial charge >= 0.3 is 11.9 Å². The Morgan fingerprint density at radius 1 is 0.818 bits per heavy atom. The summed E-state index contributed by atoms with van der Waals surface area (Å²) in [5, 5.41) is 0. The fraction of sp³-hybridized carbons (Fsp3) is 0.889. The molecule has 0 radical (unpaired) electrons. The van der Waals surface area contributed by atoms with Gasteiger partial charge in [-0.3, -0.25) is 9.59 Å². The molecule has 2 unspecified atom stereocenters. The molecule has 4 nitrogen and oxygen atoms in total. The summed E-state index contributed by atoms with van der Waals surface area (Å²) < 4.78 is 10.9. The first-order valence-corrected chi connectivity index (χ1v) is 8.70. The third kappa shape index (κ3) is 9.06. The molecule has 4 heteroatoms. The molecule has 0 aromatic rings. The molecule has 0 fully saturated rings. The van der Waals surface area contributed by atoms with E-state index < -0.39 is 0 Å². The van der Waals surface area contributed by atoms with Crippen LogP contribution in [0.2, 0.25) is 0 Å². The van der Waals surface area contributed by atoms with E-state index in [1.807, 2.05) is 20.8 Å². The van der Waals surface area contributed by atoms with Crippen LogP contribution in [0.3, 0.4) is 0 Å². The zero-order valence-corrected chi connectivity index (χ0v) is 15.2. The molecule has 0 heterocycles. The maximum absolute atomic E-state index is 11.8. The van der Waals surface area contributed by atoms with Crippen molar-refractivity contribution >= 4 is 11.9 Å². The fourth-order valence-corrected chi connectivity index (χ4v) is 2.34. The summed E-state index contributed by atoms with van der Waals surface area (Å²) in [6.45, 7) is 12.3. The molecular weight excluding hydrogens is 280 g/mol. The van der Waals surface area contributed by atoms with E-state index in [0.29, 0.717) is 18.3 Å². The molecule has 22 heavy (non-hydrogen) atoms. The lowest BCUT2D eigenvalue weighted by Crippen LogP contribution is -2.24. The van der Waals surface area contributed by atoms with Crippen molar-refractivity contribution in [3.05, 3.63) is 0 Å². The van der Waals surface area contributed by atoms with Crippen LogP contribution < -0.4 is 0 Å². The van der Waals surface area contributed by atoms with Crippen LogP contribution in [-0.2, 0) is 19.1 Å². The molecule has 0 saturated heterocycles. The largest absolute Gasteiger partial charge is 0.462 e. The van der Waals surface area contributed by atoms with Crippen LogP contribution in [0.1, 0.15) is 80.1 Å². The standard InChI is InChI=1S/C18H34O4/c1-7-10-16(14(5)6)22-18(20)12-9-11-17(19)21-15(8-2)13(3)4/h13-16H,7-12H2,1-6H3. The van der Waals surface area contributed by atoms with Gasteiger partial charge in [-0.15, -0.1) is 0 Å².